The van der Waals surface area contributed by atoms with Gasteiger partial charge in [-0.25, -0.2) is 4.98 Å². The zero-order valence-electron chi connectivity index (χ0n) is 13.2. The lowest BCUT2D eigenvalue weighted by atomic mass is 9.89. The van der Waals surface area contributed by atoms with E-state index in [9.17, 15) is 4.79 Å². The van der Waals surface area contributed by atoms with Crippen LogP contribution < -0.4 is 5.32 Å². The SMILES string of the molecule is CC(C)c1nc(S[C@@H](C)C(=O)NCC2CCCCC2)n[nH]1. The molecule has 1 aliphatic rings. The molecule has 0 bridgehead atoms. The van der Waals surface area contributed by atoms with Crippen LogP contribution in [0.25, 0.3) is 0 Å². The van der Waals surface area contributed by atoms with Gasteiger partial charge in [0.15, 0.2) is 0 Å². The quantitative estimate of drug-likeness (QED) is 0.792. The number of carbonyl (C=O) groups is 1. The van der Waals surface area contributed by atoms with E-state index in [-0.39, 0.29) is 11.2 Å². The number of hydrogen-bond acceptors (Lipinski definition) is 4. The summed E-state index contributed by atoms with van der Waals surface area (Å²) in [6.45, 7) is 6.85. The number of hydrogen-bond donors (Lipinski definition) is 2. The molecule has 1 saturated carbocycles. The fourth-order valence-electron chi connectivity index (χ4n) is 2.56. The lowest BCUT2D eigenvalue weighted by Gasteiger charge is -2.22. The molecule has 118 valence electrons. The van der Waals surface area contributed by atoms with Crippen molar-refractivity contribution in [2.45, 2.75) is 69.2 Å². The van der Waals surface area contributed by atoms with Gasteiger partial charge in [0.2, 0.25) is 11.1 Å². The Morgan fingerprint density at radius 3 is 2.67 bits per heavy atom. The fourth-order valence-corrected chi connectivity index (χ4v) is 3.32. The van der Waals surface area contributed by atoms with Crippen molar-refractivity contribution in [1.82, 2.24) is 20.5 Å². The summed E-state index contributed by atoms with van der Waals surface area (Å²) in [5.41, 5.74) is 0. The number of H-pyrrole nitrogens is 1. The lowest BCUT2D eigenvalue weighted by Crippen LogP contribution is -2.35. The molecule has 0 spiro atoms. The van der Waals surface area contributed by atoms with Crippen LogP contribution in [0.2, 0.25) is 0 Å². The van der Waals surface area contributed by atoms with E-state index in [1.54, 1.807) is 0 Å². The predicted molar refractivity (Wildman–Crippen MR) is 85.4 cm³/mol. The molecule has 2 N–H and O–H groups in total. The zero-order valence-corrected chi connectivity index (χ0v) is 14.0. The summed E-state index contributed by atoms with van der Waals surface area (Å²) in [4.78, 5) is 16.5. The lowest BCUT2D eigenvalue weighted by molar-refractivity contribution is -0.120. The Morgan fingerprint density at radius 2 is 2.05 bits per heavy atom. The van der Waals surface area contributed by atoms with E-state index in [1.165, 1.54) is 43.9 Å². The molecule has 0 saturated heterocycles. The average Bonchev–Trinajstić information content (AvgIpc) is 2.94. The van der Waals surface area contributed by atoms with E-state index >= 15 is 0 Å². The molecule has 21 heavy (non-hydrogen) atoms. The van der Waals surface area contributed by atoms with Gasteiger partial charge in [-0.1, -0.05) is 44.9 Å². The van der Waals surface area contributed by atoms with Crippen LogP contribution in [-0.2, 0) is 4.79 Å². The molecule has 1 aromatic heterocycles. The van der Waals surface area contributed by atoms with Crippen LogP contribution in [0.5, 0.6) is 0 Å². The van der Waals surface area contributed by atoms with Gasteiger partial charge in [-0.15, -0.1) is 5.10 Å². The standard InChI is InChI=1S/C15H26N4OS/c1-10(2)13-17-15(19-18-13)21-11(3)14(20)16-9-12-7-5-4-6-8-12/h10-12H,4-9H2,1-3H3,(H,16,20)(H,17,18,19)/t11-/m0/s1. The maximum absolute atomic E-state index is 12.1. The molecule has 0 aliphatic heterocycles. The Kier molecular flexibility index (Phi) is 6.08. The molecule has 1 heterocycles. The second-order valence-corrected chi connectivity index (χ2v) is 7.48. The second-order valence-electron chi connectivity index (χ2n) is 6.17. The van der Waals surface area contributed by atoms with Crippen LogP contribution in [0.1, 0.15) is 64.6 Å². The van der Waals surface area contributed by atoms with Crippen LogP contribution in [0.15, 0.2) is 5.16 Å². The maximum Gasteiger partial charge on any atom is 0.233 e. The predicted octanol–water partition coefficient (Wildman–Crippen LogP) is 3.11. The van der Waals surface area contributed by atoms with Crippen LogP contribution in [0.3, 0.4) is 0 Å². The third-order valence-corrected chi connectivity index (χ3v) is 4.93. The Balaban J connectivity index is 1.75. The second kappa shape index (κ2) is 7.82. The van der Waals surface area contributed by atoms with Crippen molar-refractivity contribution in [1.29, 1.82) is 0 Å². The highest BCUT2D eigenvalue weighted by atomic mass is 32.2. The van der Waals surface area contributed by atoms with Crippen molar-refractivity contribution in [2.75, 3.05) is 6.54 Å². The number of aromatic nitrogens is 3. The molecular weight excluding hydrogens is 284 g/mol. The van der Waals surface area contributed by atoms with Gasteiger partial charge in [0.1, 0.15) is 5.82 Å². The van der Waals surface area contributed by atoms with Crippen LogP contribution in [-0.4, -0.2) is 32.9 Å². The van der Waals surface area contributed by atoms with Crippen LogP contribution in [0.4, 0.5) is 0 Å². The molecule has 0 aromatic carbocycles. The minimum Gasteiger partial charge on any atom is -0.355 e. The molecule has 1 aromatic rings. The van der Waals surface area contributed by atoms with E-state index < -0.39 is 0 Å². The molecule has 6 heteroatoms. The van der Waals surface area contributed by atoms with Crippen molar-refractivity contribution in [3.05, 3.63) is 5.82 Å². The summed E-state index contributed by atoms with van der Waals surface area (Å²) in [6, 6.07) is 0. The van der Waals surface area contributed by atoms with E-state index in [1.807, 2.05) is 6.92 Å². The van der Waals surface area contributed by atoms with Gasteiger partial charge in [0.05, 0.1) is 5.25 Å². The molecule has 0 radical (unpaired) electrons. The topological polar surface area (TPSA) is 70.7 Å². The first-order valence-corrected chi connectivity index (χ1v) is 8.81. The molecule has 2 rings (SSSR count). The number of rotatable bonds is 6. The summed E-state index contributed by atoms with van der Waals surface area (Å²) in [5.74, 6) is 1.94. The minimum absolute atomic E-state index is 0.0847. The molecule has 5 nitrogen and oxygen atoms in total. The highest BCUT2D eigenvalue weighted by molar-refractivity contribution is 8.00. The Labute approximate surface area is 131 Å². The Morgan fingerprint density at radius 1 is 1.33 bits per heavy atom. The van der Waals surface area contributed by atoms with Crippen LogP contribution in [0, 0.1) is 5.92 Å². The number of amides is 1. The fraction of sp³-hybridized carbons (Fsp3) is 0.800. The average molecular weight is 310 g/mol. The third-order valence-electron chi connectivity index (χ3n) is 3.97. The third kappa shape index (κ3) is 5.02. The van der Waals surface area contributed by atoms with Crippen molar-refractivity contribution in [3.63, 3.8) is 0 Å². The highest BCUT2D eigenvalue weighted by Gasteiger charge is 2.19. The number of aromatic amines is 1. The van der Waals surface area contributed by atoms with Gasteiger partial charge < -0.3 is 5.32 Å². The van der Waals surface area contributed by atoms with Crippen molar-refractivity contribution in [2.24, 2.45) is 5.92 Å². The van der Waals surface area contributed by atoms with E-state index in [0.29, 0.717) is 17.0 Å². The summed E-state index contributed by atoms with van der Waals surface area (Å²) in [5, 5.41) is 10.6. The van der Waals surface area contributed by atoms with Gasteiger partial charge >= 0.3 is 0 Å². The molecule has 1 amide bonds. The van der Waals surface area contributed by atoms with Crippen molar-refractivity contribution >= 4 is 17.7 Å². The van der Waals surface area contributed by atoms with Gasteiger partial charge in [0.25, 0.3) is 0 Å². The van der Waals surface area contributed by atoms with E-state index in [0.717, 1.165) is 12.4 Å². The smallest absolute Gasteiger partial charge is 0.233 e. The van der Waals surface area contributed by atoms with Crippen molar-refractivity contribution in [3.8, 4) is 0 Å². The largest absolute Gasteiger partial charge is 0.355 e. The zero-order chi connectivity index (χ0) is 15.2. The number of carbonyl (C=O) groups excluding carboxylic acids is 1. The first kappa shape index (κ1) is 16.3. The number of nitrogens with zero attached hydrogens (tertiary/aromatic N) is 2. The van der Waals surface area contributed by atoms with Crippen molar-refractivity contribution < 1.29 is 4.79 Å². The van der Waals surface area contributed by atoms with Gasteiger partial charge in [-0.2, -0.15) is 0 Å². The molecule has 1 atom stereocenters. The Hall–Kier alpha value is -1.04. The first-order chi connectivity index (χ1) is 10.1. The van der Waals surface area contributed by atoms with Gasteiger partial charge in [0, 0.05) is 12.5 Å². The molecular formula is C15H26N4OS. The maximum atomic E-state index is 12.1. The van der Waals surface area contributed by atoms with Gasteiger partial charge in [-0.3, -0.25) is 9.89 Å². The van der Waals surface area contributed by atoms with E-state index in [4.69, 9.17) is 0 Å². The summed E-state index contributed by atoms with van der Waals surface area (Å²) < 4.78 is 0. The number of thioether (sulfide) groups is 1. The summed E-state index contributed by atoms with van der Waals surface area (Å²) >= 11 is 1.41. The normalized spacial score (nSPS) is 17.9. The highest BCUT2D eigenvalue weighted by Crippen LogP contribution is 2.24. The Bertz CT molecular complexity index is 454. The molecule has 1 aliphatic carbocycles. The minimum atomic E-state index is -0.163. The van der Waals surface area contributed by atoms with E-state index in [2.05, 4.69) is 34.3 Å². The summed E-state index contributed by atoms with van der Waals surface area (Å²) in [7, 11) is 0. The molecule has 1 fully saturated rings. The summed E-state index contributed by atoms with van der Waals surface area (Å²) in [6.07, 6.45) is 6.46. The number of nitrogens with one attached hydrogen (secondary N) is 2. The first-order valence-electron chi connectivity index (χ1n) is 7.93. The van der Waals surface area contributed by atoms with Crippen LogP contribution >= 0.6 is 11.8 Å². The van der Waals surface area contributed by atoms with Gasteiger partial charge in [-0.05, 0) is 25.7 Å². The monoisotopic (exact) mass is 310 g/mol. The molecule has 0 unspecified atom stereocenters.